The van der Waals surface area contributed by atoms with Gasteiger partial charge in [0, 0.05) is 12.6 Å². The summed E-state index contributed by atoms with van der Waals surface area (Å²) in [6.07, 6.45) is -4.77. The zero-order chi connectivity index (χ0) is 13.1. The number of carbonyl (C=O) groups is 1. The summed E-state index contributed by atoms with van der Waals surface area (Å²) in [4.78, 5) is 14.2. The fourth-order valence-corrected chi connectivity index (χ4v) is 1.13. The van der Waals surface area contributed by atoms with E-state index in [1.807, 2.05) is 0 Å². The van der Waals surface area contributed by atoms with E-state index in [1.54, 1.807) is 0 Å². The van der Waals surface area contributed by atoms with Crippen molar-refractivity contribution in [2.75, 3.05) is 7.11 Å². The lowest BCUT2D eigenvalue weighted by molar-refractivity contribution is -0.276. The topological polar surface area (TPSA) is 74.4 Å². The molecule has 1 aromatic rings. The normalized spacial score (nSPS) is 11.1. The summed E-state index contributed by atoms with van der Waals surface area (Å²) >= 11 is 0. The molecule has 0 amide bonds. The third-order valence-corrected chi connectivity index (χ3v) is 1.80. The first-order valence-electron chi connectivity index (χ1n) is 4.40. The number of alkyl halides is 3. The molecule has 17 heavy (non-hydrogen) atoms. The van der Waals surface area contributed by atoms with Gasteiger partial charge in [-0.05, 0) is 0 Å². The van der Waals surface area contributed by atoms with Gasteiger partial charge >= 0.3 is 6.36 Å². The highest BCUT2D eigenvalue weighted by molar-refractivity contribution is 5.82. The van der Waals surface area contributed by atoms with E-state index in [9.17, 15) is 18.0 Å². The minimum absolute atomic E-state index is 0.0744. The largest absolute Gasteiger partial charge is 0.574 e. The van der Waals surface area contributed by atoms with Gasteiger partial charge in [0.2, 0.25) is 5.88 Å². The molecule has 0 aromatic carbocycles. The maximum Gasteiger partial charge on any atom is 0.574 e. The molecular weight excluding hydrogens is 241 g/mol. The number of aromatic nitrogens is 1. The Labute approximate surface area is 94.3 Å². The van der Waals surface area contributed by atoms with Gasteiger partial charge in [-0.25, -0.2) is 4.98 Å². The number of carbonyl (C=O) groups excluding carboxylic acids is 1. The number of halogens is 3. The molecule has 1 aromatic heterocycles. The molecule has 0 saturated heterocycles. The van der Waals surface area contributed by atoms with E-state index in [0.29, 0.717) is 0 Å². The molecule has 2 N–H and O–H groups in total. The van der Waals surface area contributed by atoms with Crippen LogP contribution in [0.15, 0.2) is 6.07 Å². The predicted octanol–water partition coefficient (Wildman–Crippen LogP) is 1.26. The molecule has 0 radical (unpaired) electrons. The predicted molar refractivity (Wildman–Crippen MR) is 50.8 cm³/mol. The van der Waals surface area contributed by atoms with Crippen molar-refractivity contribution in [1.29, 1.82) is 0 Å². The molecule has 0 fully saturated rings. The van der Waals surface area contributed by atoms with Crippen molar-refractivity contribution in [2.24, 2.45) is 5.73 Å². The van der Waals surface area contributed by atoms with Gasteiger partial charge in [-0.1, -0.05) is 0 Å². The Kier molecular flexibility index (Phi) is 3.89. The molecule has 1 rings (SSSR count). The number of rotatable bonds is 4. The molecule has 0 unspecified atom stereocenters. The Balaban J connectivity index is 3.29. The molecule has 1 heterocycles. The average Bonchev–Trinajstić information content (AvgIpc) is 2.25. The minimum Gasteiger partial charge on any atom is -0.496 e. The molecule has 94 valence electrons. The third kappa shape index (κ3) is 3.31. The maximum atomic E-state index is 12.1. The van der Waals surface area contributed by atoms with Gasteiger partial charge in [-0.15, -0.1) is 13.2 Å². The van der Waals surface area contributed by atoms with Crippen LogP contribution >= 0.6 is 0 Å². The number of hydrogen-bond donors (Lipinski definition) is 1. The number of hydrogen-bond acceptors (Lipinski definition) is 5. The highest BCUT2D eigenvalue weighted by Crippen LogP contribution is 2.30. The second-order valence-corrected chi connectivity index (χ2v) is 2.90. The Morgan fingerprint density at radius 1 is 1.53 bits per heavy atom. The minimum atomic E-state index is -4.94. The van der Waals surface area contributed by atoms with Crippen molar-refractivity contribution < 1.29 is 27.4 Å². The van der Waals surface area contributed by atoms with Crippen LogP contribution in [0.1, 0.15) is 16.1 Å². The van der Waals surface area contributed by atoms with Crippen LogP contribution in [0.4, 0.5) is 13.2 Å². The zero-order valence-electron chi connectivity index (χ0n) is 8.75. The van der Waals surface area contributed by atoms with Gasteiger partial charge in [0.05, 0.1) is 12.8 Å². The molecule has 0 atom stereocenters. The first-order chi connectivity index (χ1) is 7.91. The lowest BCUT2D eigenvalue weighted by Crippen LogP contribution is -2.20. The second kappa shape index (κ2) is 5.00. The van der Waals surface area contributed by atoms with Crippen LogP contribution in [0.3, 0.4) is 0 Å². The van der Waals surface area contributed by atoms with Crippen LogP contribution in [-0.2, 0) is 6.54 Å². The van der Waals surface area contributed by atoms with Crippen LogP contribution in [0, 0.1) is 0 Å². The molecular formula is C9H9F3N2O3. The van der Waals surface area contributed by atoms with E-state index in [-0.39, 0.29) is 24.3 Å². The highest BCUT2D eigenvalue weighted by Gasteiger charge is 2.33. The monoisotopic (exact) mass is 250 g/mol. The van der Waals surface area contributed by atoms with E-state index < -0.39 is 17.8 Å². The van der Waals surface area contributed by atoms with Crippen LogP contribution in [-0.4, -0.2) is 24.7 Å². The summed E-state index contributed by atoms with van der Waals surface area (Å²) in [5.41, 5.74) is 4.96. The van der Waals surface area contributed by atoms with Gasteiger partial charge in [0.25, 0.3) is 0 Å². The number of pyridine rings is 1. The van der Waals surface area contributed by atoms with E-state index in [0.717, 1.165) is 0 Å². The number of ether oxygens (including phenoxy) is 2. The number of aldehydes is 1. The molecule has 0 spiro atoms. The highest BCUT2D eigenvalue weighted by atomic mass is 19.4. The Morgan fingerprint density at radius 2 is 2.18 bits per heavy atom. The van der Waals surface area contributed by atoms with Crippen molar-refractivity contribution in [1.82, 2.24) is 4.98 Å². The summed E-state index contributed by atoms with van der Waals surface area (Å²) in [6.45, 7) is -0.107. The van der Waals surface area contributed by atoms with E-state index in [2.05, 4.69) is 9.72 Å². The van der Waals surface area contributed by atoms with Crippen molar-refractivity contribution in [3.63, 3.8) is 0 Å². The van der Waals surface area contributed by atoms with Gasteiger partial charge in [-0.2, -0.15) is 0 Å². The van der Waals surface area contributed by atoms with Crippen LogP contribution in [0.2, 0.25) is 0 Å². The first-order valence-corrected chi connectivity index (χ1v) is 4.40. The third-order valence-electron chi connectivity index (χ3n) is 1.80. The zero-order valence-corrected chi connectivity index (χ0v) is 8.75. The quantitative estimate of drug-likeness (QED) is 0.814. The van der Waals surface area contributed by atoms with Crippen molar-refractivity contribution in [3.05, 3.63) is 17.3 Å². The Bertz CT molecular complexity index is 421. The fourth-order valence-electron chi connectivity index (χ4n) is 1.13. The molecule has 0 aliphatic carbocycles. The second-order valence-electron chi connectivity index (χ2n) is 2.90. The molecule has 8 heteroatoms. The average molecular weight is 250 g/mol. The van der Waals surface area contributed by atoms with Crippen molar-refractivity contribution >= 4 is 6.29 Å². The van der Waals surface area contributed by atoms with Crippen LogP contribution < -0.4 is 15.2 Å². The van der Waals surface area contributed by atoms with Crippen LogP contribution in [0.5, 0.6) is 11.6 Å². The van der Waals surface area contributed by atoms with Crippen molar-refractivity contribution in [3.8, 4) is 11.6 Å². The lowest BCUT2D eigenvalue weighted by Gasteiger charge is -2.13. The number of methoxy groups -OCH3 is 1. The van der Waals surface area contributed by atoms with E-state index >= 15 is 0 Å². The lowest BCUT2D eigenvalue weighted by atomic mass is 10.2. The van der Waals surface area contributed by atoms with E-state index in [1.165, 1.54) is 13.2 Å². The maximum absolute atomic E-state index is 12.1. The summed E-state index contributed by atoms with van der Waals surface area (Å²) in [7, 11) is 1.21. The molecule has 0 bridgehead atoms. The van der Waals surface area contributed by atoms with Gasteiger partial charge < -0.3 is 15.2 Å². The Hall–Kier alpha value is -1.83. The molecule has 0 aliphatic rings. The van der Waals surface area contributed by atoms with Crippen LogP contribution in [0.25, 0.3) is 0 Å². The first kappa shape index (κ1) is 13.2. The number of nitrogens with zero attached hydrogens (tertiary/aromatic N) is 1. The van der Waals surface area contributed by atoms with E-state index in [4.69, 9.17) is 10.5 Å². The molecule has 0 aliphatic heterocycles. The standard InChI is InChI=1S/C9H9F3N2O3/c1-16-7-2-5(3-13)14-8(6(7)4-15)17-9(10,11)12/h2,4H,3,13H2,1H3. The summed E-state index contributed by atoms with van der Waals surface area (Å²) in [5, 5.41) is 0. The Morgan fingerprint density at radius 3 is 2.59 bits per heavy atom. The molecule has 5 nitrogen and oxygen atoms in total. The van der Waals surface area contributed by atoms with Gasteiger partial charge in [0.15, 0.2) is 6.29 Å². The summed E-state index contributed by atoms with van der Waals surface area (Å²) < 4.78 is 44.6. The SMILES string of the molecule is COc1cc(CN)nc(OC(F)(F)F)c1C=O. The van der Waals surface area contributed by atoms with Crippen molar-refractivity contribution in [2.45, 2.75) is 12.9 Å². The molecule has 0 saturated carbocycles. The number of nitrogens with two attached hydrogens (primary N) is 1. The van der Waals surface area contributed by atoms with Gasteiger partial charge in [0.1, 0.15) is 11.3 Å². The smallest absolute Gasteiger partial charge is 0.496 e. The summed E-state index contributed by atoms with van der Waals surface area (Å²) in [6, 6.07) is 1.27. The van der Waals surface area contributed by atoms with Gasteiger partial charge in [-0.3, -0.25) is 4.79 Å². The fraction of sp³-hybridized carbons (Fsp3) is 0.333. The summed E-state index contributed by atoms with van der Waals surface area (Å²) in [5.74, 6) is -0.943.